The van der Waals surface area contributed by atoms with Crippen molar-refractivity contribution in [3.05, 3.63) is 400 Å². The SMILES string of the molecule is c1ccc(-c2c(-c3ccc(N(c4ccc(-c5ccc6c(c5)oc5ccccc56)cc4)c4cccc5oc6ccccc6c45)cc3)c3ccc(-c4ccc5oc6c(-c7ccc(N(c8ccc(-c9cccc%10cccc(-c%11ccccc%11)c9%10)cc8)c8cccc9oc%10ccccc%10c89)cc7)cccc6c5c4)cc3c3ccccc23)cc1. The lowest BCUT2D eigenvalue weighted by Crippen LogP contribution is -2.10. The van der Waals surface area contributed by atoms with Crippen LogP contribution < -0.4 is 9.80 Å². The van der Waals surface area contributed by atoms with Crippen LogP contribution in [-0.2, 0) is 0 Å². The Bertz CT molecular complexity index is 7760. The van der Waals surface area contributed by atoms with E-state index in [1.54, 1.807) is 0 Å². The molecule has 0 aliphatic heterocycles. The molecule has 114 heavy (non-hydrogen) atoms. The molecule has 6 nitrogen and oxygen atoms in total. The molecule has 0 spiro atoms. The van der Waals surface area contributed by atoms with Crippen molar-refractivity contribution in [2.75, 3.05) is 9.80 Å². The Kier molecular flexibility index (Phi) is 14.9. The predicted molar refractivity (Wildman–Crippen MR) is 475 cm³/mol. The van der Waals surface area contributed by atoms with Crippen molar-refractivity contribution < 1.29 is 17.7 Å². The summed E-state index contributed by atoms with van der Waals surface area (Å²) >= 11 is 0. The van der Waals surface area contributed by atoms with Crippen molar-refractivity contribution in [1.82, 2.24) is 0 Å². The molecule has 4 heterocycles. The second kappa shape index (κ2) is 26.2. The van der Waals surface area contributed by atoms with Crippen LogP contribution in [0.1, 0.15) is 0 Å². The summed E-state index contributed by atoms with van der Waals surface area (Å²) < 4.78 is 26.5. The summed E-state index contributed by atoms with van der Waals surface area (Å²) in [6.07, 6.45) is 0. The lowest BCUT2D eigenvalue weighted by molar-refractivity contribution is 0.668. The van der Waals surface area contributed by atoms with Crippen LogP contribution in [0.2, 0.25) is 0 Å². The van der Waals surface area contributed by atoms with Crippen LogP contribution in [0.3, 0.4) is 0 Å². The molecule has 6 heteroatoms. The van der Waals surface area contributed by atoms with Gasteiger partial charge in [-0.15, -0.1) is 0 Å². The largest absolute Gasteiger partial charge is 0.456 e. The lowest BCUT2D eigenvalue weighted by atomic mass is 9.84. The van der Waals surface area contributed by atoms with Crippen LogP contribution in [0.25, 0.3) is 198 Å². The third kappa shape index (κ3) is 10.6. The number of anilines is 6. The van der Waals surface area contributed by atoms with Gasteiger partial charge in [-0.25, -0.2) is 0 Å². The fourth-order valence-corrected chi connectivity index (χ4v) is 18.0. The van der Waals surface area contributed by atoms with E-state index in [9.17, 15) is 0 Å². The first kappa shape index (κ1) is 64.7. The molecular formula is C108H66N2O4. The Labute approximate surface area is 655 Å². The molecule has 0 amide bonds. The zero-order chi connectivity index (χ0) is 74.9. The standard InChI is InChI=1S/C108H66N2O4/c1-3-20-68(21-4-1)81-31-15-24-71-25-16-32-82(103(71)81)69-44-55-78(56-45-69)110(95-36-19-41-101-107(95)91-30-11-14-39-98(91)112-101)79-57-46-70(47-58-79)83-33-17-34-89-93-65-75(52-63-99(93)114-108(83)89)74-51-62-88-92(64-74)84-26-7-8-28-87(84)104(72-22-5-2-6-23-72)105(88)73-48-59-80(60-49-73)109(94-35-18-40-100-106(94)90-29-10-13-38-97(90)111-100)77-53-42-67(43-54-77)76-50-61-86-85-27-9-12-37-96(85)113-102(86)66-76/h1-66H. The van der Waals surface area contributed by atoms with Gasteiger partial charge in [0.25, 0.3) is 0 Å². The highest BCUT2D eigenvalue weighted by atomic mass is 16.3. The van der Waals surface area contributed by atoms with E-state index in [0.717, 1.165) is 172 Å². The summed E-state index contributed by atoms with van der Waals surface area (Å²) in [5.74, 6) is 0. The zero-order valence-corrected chi connectivity index (χ0v) is 61.6. The molecule has 4 aromatic heterocycles. The maximum atomic E-state index is 7.00. The van der Waals surface area contributed by atoms with E-state index >= 15 is 0 Å². The molecule has 0 unspecified atom stereocenters. The molecule has 19 aromatic carbocycles. The minimum Gasteiger partial charge on any atom is -0.456 e. The Morgan fingerprint density at radius 2 is 0.526 bits per heavy atom. The van der Waals surface area contributed by atoms with Crippen molar-refractivity contribution >= 4 is 154 Å². The topological polar surface area (TPSA) is 59.0 Å². The first-order chi connectivity index (χ1) is 56.5. The number of nitrogens with zero attached hydrogens (tertiary/aromatic N) is 2. The maximum Gasteiger partial charge on any atom is 0.143 e. The highest BCUT2D eigenvalue weighted by molar-refractivity contribution is 6.23. The molecule has 0 N–H and O–H groups in total. The van der Waals surface area contributed by atoms with E-state index in [2.05, 4.69) is 386 Å². The van der Waals surface area contributed by atoms with Gasteiger partial charge in [-0.2, -0.15) is 0 Å². The van der Waals surface area contributed by atoms with E-state index < -0.39 is 0 Å². The Balaban J connectivity index is 0.608. The highest BCUT2D eigenvalue weighted by Crippen LogP contribution is 2.51. The van der Waals surface area contributed by atoms with E-state index in [4.69, 9.17) is 17.7 Å². The molecule has 23 aromatic rings. The number of fused-ring (bicyclic) bond motifs is 16. The normalized spacial score (nSPS) is 11.9. The number of hydrogen-bond acceptors (Lipinski definition) is 6. The molecule has 0 aliphatic carbocycles. The van der Waals surface area contributed by atoms with Gasteiger partial charge in [0.1, 0.15) is 44.7 Å². The first-order valence-corrected chi connectivity index (χ1v) is 38.8. The van der Waals surface area contributed by atoms with Gasteiger partial charge in [-0.05, 0) is 226 Å². The van der Waals surface area contributed by atoms with E-state index in [-0.39, 0.29) is 0 Å². The van der Waals surface area contributed by atoms with Crippen LogP contribution in [0.5, 0.6) is 0 Å². The smallest absolute Gasteiger partial charge is 0.143 e. The second-order valence-electron chi connectivity index (χ2n) is 29.7. The number of hydrogen-bond donors (Lipinski definition) is 0. The summed E-state index contributed by atoms with van der Waals surface area (Å²) in [5.41, 5.74) is 28.8. The molecule has 532 valence electrons. The van der Waals surface area contributed by atoms with E-state index in [0.29, 0.717) is 0 Å². The average molecular weight is 1460 g/mol. The number of para-hydroxylation sites is 4. The molecule has 23 rings (SSSR count). The van der Waals surface area contributed by atoms with E-state index in [1.165, 1.54) is 60.1 Å². The Hall–Kier alpha value is -15.2. The van der Waals surface area contributed by atoms with Crippen LogP contribution in [-0.4, -0.2) is 0 Å². The monoisotopic (exact) mass is 1450 g/mol. The summed E-state index contributed by atoms with van der Waals surface area (Å²) in [7, 11) is 0. The first-order valence-electron chi connectivity index (χ1n) is 38.8. The average Bonchev–Trinajstić information content (AvgIpc) is 1.00. The summed E-state index contributed by atoms with van der Waals surface area (Å²) in [4.78, 5) is 4.74. The third-order valence-corrected chi connectivity index (χ3v) is 23.3. The van der Waals surface area contributed by atoms with Gasteiger partial charge in [0, 0.05) is 60.6 Å². The van der Waals surface area contributed by atoms with Gasteiger partial charge < -0.3 is 27.5 Å². The van der Waals surface area contributed by atoms with Crippen molar-refractivity contribution in [3.63, 3.8) is 0 Å². The van der Waals surface area contributed by atoms with Crippen molar-refractivity contribution in [2.24, 2.45) is 0 Å². The molecule has 0 bridgehead atoms. The maximum absolute atomic E-state index is 7.00. The van der Waals surface area contributed by atoms with E-state index in [1.807, 2.05) is 24.3 Å². The van der Waals surface area contributed by atoms with Gasteiger partial charge in [-0.1, -0.05) is 279 Å². The Morgan fingerprint density at radius 3 is 1.11 bits per heavy atom. The van der Waals surface area contributed by atoms with Crippen molar-refractivity contribution in [1.29, 1.82) is 0 Å². The molecule has 0 radical (unpaired) electrons. The molecule has 0 fully saturated rings. The summed E-state index contributed by atoms with van der Waals surface area (Å²) in [5, 5.41) is 15.8. The van der Waals surface area contributed by atoms with Gasteiger partial charge in [0.15, 0.2) is 0 Å². The highest BCUT2D eigenvalue weighted by Gasteiger charge is 2.26. The minimum absolute atomic E-state index is 0.833. The van der Waals surface area contributed by atoms with Crippen LogP contribution in [0.4, 0.5) is 34.1 Å². The Morgan fingerprint density at radius 1 is 0.167 bits per heavy atom. The lowest BCUT2D eigenvalue weighted by Gasteiger charge is -2.27. The van der Waals surface area contributed by atoms with Crippen LogP contribution >= 0.6 is 0 Å². The third-order valence-electron chi connectivity index (χ3n) is 23.3. The number of rotatable bonds is 13. The summed E-state index contributed by atoms with van der Waals surface area (Å²) in [6.45, 7) is 0. The van der Waals surface area contributed by atoms with Gasteiger partial charge >= 0.3 is 0 Å². The minimum atomic E-state index is 0.833. The summed E-state index contributed by atoms with van der Waals surface area (Å²) in [6, 6.07) is 144. The number of furan rings is 4. The molecule has 0 atom stereocenters. The van der Waals surface area contributed by atoms with Crippen LogP contribution in [0.15, 0.2) is 418 Å². The predicted octanol–water partition coefficient (Wildman–Crippen LogP) is 31.4. The number of benzene rings is 19. The molecule has 0 saturated carbocycles. The molecule has 0 saturated heterocycles. The fourth-order valence-electron chi connectivity index (χ4n) is 18.0. The molecular weight excluding hydrogens is 1390 g/mol. The zero-order valence-electron chi connectivity index (χ0n) is 61.6. The fraction of sp³-hybridized carbons (Fsp3) is 0. The quantitative estimate of drug-likeness (QED) is 0.107. The second-order valence-corrected chi connectivity index (χ2v) is 29.7. The van der Waals surface area contributed by atoms with Gasteiger partial charge in [0.05, 0.1) is 22.1 Å². The van der Waals surface area contributed by atoms with Crippen molar-refractivity contribution in [2.45, 2.75) is 0 Å². The molecule has 0 aliphatic rings. The van der Waals surface area contributed by atoms with Gasteiger partial charge in [0.2, 0.25) is 0 Å². The van der Waals surface area contributed by atoms with Crippen molar-refractivity contribution in [3.8, 4) is 77.9 Å². The van der Waals surface area contributed by atoms with Gasteiger partial charge in [-0.3, -0.25) is 0 Å². The van der Waals surface area contributed by atoms with Crippen LogP contribution in [0, 0.1) is 0 Å².